The number of rotatable bonds is 6. The number of aliphatic imine (C=N–C) groups is 1. The van der Waals surface area contributed by atoms with Crippen molar-refractivity contribution in [1.82, 2.24) is 15.6 Å². The van der Waals surface area contributed by atoms with Gasteiger partial charge in [0.05, 0.1) is 20.8 Å². The molecule has 0 aliphatic carbocycles. The van der Waals surface area contributed by atoms with Crippen molar-refractivity contribution in [3.63, 3.8) is 0 Å². The average Bonchev–Trinajstić information content (AvgIpc) is 3.42. The van der Waals surface area contributed by atoms with Crippen molar-refractivity contribution in [1.29, 1.82) is 0 Å². The quantitative estimate of drug-likeness (QED) is 0.255. The Morgan fingerprint density at radius 2 is 1.87 bits per heavy atom. The van der Waals surface area contributed by atoms with Gasteiger partial charge in [-0.3, -0.25) is 4.99 Å². The fourth-order valence-corrected chi connectivity index (χ4v) is 3.88. The summed E-state index contributed by atoms with van der Waals surface area (Å²) in [5.74, 6) is 2.41. The number of aromatic nitrogens is 1. The van der Waals surface area contributed by atoms with Gasteiger partial charge >= 0.3 is 0 Å². The second-order valence-corrected chi connectivity index (χ2v) is 7.45. The Hall–Kier alpha value is -2.62. The summed E-state index contributed by atoms with van der Waals surface area (Å²) in [5.41, 5.74) is 3.39. The Balaban J connectivity index is 0.00000272. The lowest BCUT2D eigenvalue weighted by atomic mass is 10.2. The lowest BCUT2D eigenvalue weighted by molar-refractivity contribution is 0.394. The van der Waals surface area contributed by atoms with E-state index >= 15 is 0 Å². The molecule has 1 aliphatic rings. The number of benzene rings is 2. The van der Waals surface area contributed by atoms with Crippen LogP contribution < -0.4 is 25.0 Å². The molecule has 3 N–H and O–H groups in total. The minimum Gasteiger partial charge on any atom is -0.497 e. The van der Waals surface area contributed by atoms with Crippen LogP contribution in [0.5, 0.6) is 11.5 Å². The first-order chi connectivity index (χ1) is 14.7. The van der Waals surface area contributed by atoms with Gasteiger partial charge in [-0.1, -0.05) is 18.2 Å². The van der Waals surface area contributed by atoms with Crippen molar-refractivity contribution in [2.75, 3.05) is 39.3 Å². The molecule has 0 radical (unpaired) electrons. The van der Waals surface area contributed by atoms with Crippen molar-refractivity contribution in [3.8, 4) is 11.5 Å². The Labute approximate surface area is 200 Å². The van der Waals surface area contributed by atoms with Crippen molar-refractivity contribution < 1.29 is 9.47 Å². The molecule has 2 heterocycles. The molecule has 3 aromatic rings. The molecule has 1 aliphatic heterocycles. The molecule has 1 saturated heterocycles. The zero-order valence-corrected chi connectivity index (χ0v) is 20.5. The summed E-state index contributed by atoms with van der Waals surface area (Å²) < 4.78 is 10.8. The van der Waals surface area contributed by atoms with Crippen LogP contribution in [0.2, 0.25) is 0 Å². The van der Waals surface area contributed by atoms with E-state index in [0.29, 0.717) is 12.6 Å². The third-order valence-corrected chi connectivity index (χ3v) is 5.49. The number of guanidine groups is 1. The van der Waals surface area contributed by atoms with Gasteiger partial charge < -0.3 is 30.0 Å². The molecule has 0 amide bonds. The van der Waals surface area contributed by atoms with E-state index in [2.05, 4.69) is 49.8 Å². The van der Waals surface area contributed by atoms with Gasteiger partial charge in [0.1, 0.15) is 11.5 Å². The van der Waals surface area contributed by atoms with Crippen molar-refractivity contribution >= 4 is 46.5 Å². The van der Waals surface area contributed by atoms with E-state index in [-0.39, 0.29) is 24.0 Å². The van der Waals surface area contributed by atoms with Gasteiger partial charge in [-0.25, -0.2) is 0 Å². The van der Waals surface area contributed by atoms with Crippen LogP contribution >= 0.6 is 24.0 Å². The first-order valence-electron chi connectivity index (χ1n) is 10.2. The molecule has 7 nitrogen and oxygen atoms in total. The molecule has 1 unspecified atom stereocenters. The summed E-state index contributed by atoms with van der Waals surface area (Å²) in [5, 5.41) is 8.18. The molecule has 0 saturated carbocycles. The highest BCUT2D eigenvalue weighted by molar-refractivity contribution is 14.0. The van der Waals surface area contributed by atoms with Gasteiger partial charge in [-0.05, 0) is 23.9 Å². The van der Waals surface area contributed by atoms with Crippen LogP contribution in [0.1, 0.15) is 12.1 Å². The number of fused-ring (bicyclic) bond motifs is 1. The molecular weight excluding hydrogens is 505 g/mol. The molecule has 31 heavy (non-hydrogen) atoms. The maximum Gasteiger partial charge on any atom is 0.191 e. The van der Waals surface area contributed by atoms with E-state index in [4.69, 9.17) is 9.47 Å². The number of nitrogens with one attached hydrogen (secondary N) is 3. The highest BCUT2D eigenvalue weighted by Gasteiger charge is 2.24. The summed E-state index contributed by atoms with van der Waals surface area (Å²) in [7, 11) is 5.16. The maximum atomic E-state index is 5.41. The monoisotopic (exact) mass is 535 g/mol. The number of anilines is 1. The Morgan fingerprint density at radius 3 is 2.55 bits per heavy atom. The number of para-hydroxylation sites is 1. The summed E-state index contributed by atoms with van der Waals surface area (Å²) >= 11 is 0. The topological polar surface area (TPSA) is 73.9 Å². The maximum absolute atomic E-state index is 5.41. The zero-order chi connectivity index (χ0) is 20.9. The SMILES string of the molecule is CN=C(NCc1cc2ccccc2[nH]1)NC1CCN(c2cc(OC)cc(OC)c2)C1.I. The summed E-state index contributed by atoms with van der Waals surface area (Å²) in [6, 6.07) is 16.8. The van der Waals surface area contributed by atoms with Crippen LogP contribution in [0.4, 0.5) is 5.69 Å². The largest absolute Gasteiger partial charge is 0.497 e. The van der Waals surface area contributed by atoms with E-state index in [1.807, 2.05) is 24.3 Å². The van der Waals surface area contributed by atoms with Crippen LogP contribution in [0.15, 0.2) is 53.5 Å². The molecule has 4 rings (SSSR count). The first kappa shape index (κ1) is 23.1. The van der Waals surface area contributed by atoms with Crippen LogP contribution in [-0.2, 0) is 6.54 Å². The van der Waals surface area contributed by atoms with Crippen molar-refractivity contribution in [2.24, 2.45) is 4.99 Å². The summed E-state index contributed by atoms with van der Waals surface area (Å²) in [6.07, 6.45) is 1.03. The van der Waals surface area contributed by atoms with Crippen LogP contribution in [0, 0.1) is 0 Å². The minimum atomic E-state index is 0. The Bertz CT molecular complexity index is 980. The fraction of sp³-hybridized carbons (Fsp3) is 0.348. The molecule has 166 valence electrons. The third kappa shape index (κ3) is 5.55. The van der Waals surface area contributed by atoms with Gasteiger partial charge in [0.2, 0.25) is 0 Å². The lowest BCUT2D eigenvalue weighted by Gasteiger charge is -2.21. The fourth-order valence-electron chi connectivity index (χ4n) is 3.88. The molecule has 1 atom stereocenters. The number of H-pyrrole nitrogens is 1. The zero-order valence-electron chi connectivity index (χ0n) is 18.1. The van der Waals surface area contributed by atoms with Gasteiger partial charge in [-0.2, -0.15) is 0 Å². The van der Waals surface area contributed by atoms with Gasteiger partial charge in [0.15, 0.2) is 5.96 Å². The molecule has 1 aromatic heterocycles. The second kappa shape index (κ2) is 10.6. The number of hydrogen-bond acceptors (Lipinski definition) is 4. The summed E-state index contributed by atoms with van der Waals surface area (Å²) in [4.78, 5) is 10.2. The minimum absolute atomic E-state index is 0. The van der Waals surface area contributed by atoms with E-state index in [0.717, 1.165) is 53.9 Å². The van der Waals surface area contributed by atoms with Crippen molar-refractivity contribution in [2.45, 2.75) is 19.0 Å². The van der Waals surface area contributed by atoms with E-state index < -0.39 is 0 Å². The second-order valence-electron chi connectivity index (χ2n) is 7.45. The molecule has 0 bridgehead atoms. The van der Waals surface area contributed by atoms with Crippen LogP contribution in [-0.4, -0.2) is 51.3 Å². The van der Waals surface area contributed by atoms with Crippen LogP contribution in [0.25, 0.3) is 10.9 Å². The predicted molar refractivity (Wildman–Crippen MR) is 137 cm³/mol. The number of ether oxygens (including phenoxy) is 2. The number of nitrogens with zero attached hydrogens (tertiary/aromatic N) is 2. The molecular formula is C23H30IN5O2. The third-order valence-electron chi connectivity index (χ3n) is 5.49. The van der Waals surface area contributed by atoms with Gasteiger partial charge in [0.25, 0.3) is 0 Å². The Morgan fingerprint density at radius 1 is 1.13 bits per heavy atom. The predicted octanol–water partition coefficient (Wildman–Crippen LogP) is 3.75. The van der Waals surface area contributed by atoms with Crippen LogP contribution in [0.3, 0.4) is 0 Å². The lowest BCUT2D eigenvalue weighted by Crippen LogP contribution is -2.44. The highest BCUT2D eigenvalue weighted by Crippen LogP contribution is 2.30. The van der Waals surface area contributed by atoms with Crippen molar-refractivity contribution in [3.05, 3.63) is 54.2 Å². The van der Waals surface area contributed by atoms with Gasteiger partial charge in [-0.15, -0.1) is 24.0 Å². The van der Waals surface area contributed by atoms with E-state index in [1.54, 1.807) is 21.3 Å². The number of halogens is 1. The number of methoxy groups -OCH3 is 2. The van der Waals surface area contributed by atoms with E-state index in [9.17, 15) is 0 Å². The average molecular weight is 535 g/mol. The molecule has 2 aromatic carbocycles. The highest BCUT2D eigenvalue weighted by atomic mass is 127. The Kier molecular flexibility index (Phi) is 7.89. The smallest absolute Gasteiger partial charge is 0.191 e. The molecule has 1 fully saturated rings. The summed E-state index contributed by atoms with van der Waals surface area (Å²) in [6.45, 7) is 2.55. The normalized spacial score (nSPS) is 16.2. The van der Waals surface area contributed by atoms with E-state index in [1.165, 1.54) is 5.39 Å². The first-order valence-corrected chi connectivity index (χ1v) is 10.2. The number of hydrogen-bond donors (Lipinski definition) is 3. The van der Waals surface area contributed by atoms with Gasteiger partial charge in [0, 0.05) is 61.3 Å². The molecule has 8 heteroatoms. The molecule has 0 spiro atoms. The standard InChI is InChI=1S/C23H29N5O2.HI/c1-24-23(25-14-18-10-16-6-4-5-7-22(16)26-18)27-17-8-9-28(15-17)19-11-20(29-2)13-21(12-19)30-3;/h4-7,10-13,17,26H,8-9,14-15H2,1-3H3,(H2,24,25,27);1H. The number of aromatic amines is 1.